The Hall–Kier alpha value is -2.04. The van der Waals surface area contributed by atoms with Crippen LogP contribution in [0, 0.1) is 11.8 Å². The average Bonchev–Trinajstić information content (AvgIpc) is 3.09. The van der Waals surface area contributed by atoms with Crippen molar-refractivity contribution in [3.05, 3.63) is 35.9 Å². The zero-order valence-corrected chi connectivity index (χ0v) is 16.2. The molecule has 26 heavy (non-hydrogen) atoms. The summed E-state index contributed by atoms with van der Waals surface area (Å²) >= 11 is 0. The van der Waals surface area contributed by atoms with Crippen LogP contribution >= 0.6 is 0 Å². The van der Waals surface area contributed by atoms with Gasteiger partial charge in [0.05, 0.1) is 0 Å². The van der Waals surface area contributed by atoms with Crippen LogP contribution < -0.4 is 5.32 Å². The van der Waals surface area contributed by atoms with Gasteiger partial charge < -0.3 is 15.1 Å². The molecule has 2 fully saturated rings. The van der Waals surface area contributed by atoms with Crippen molar-refractivity contribution in [2.24, 2.45) is 16.8 Å². The van der Waals surface area contributed by atoms with Gasteiger partial charge in [-0.2, -0.15) is 0 Å². The maximum Gasteiger partial charge on any atom is 0.243 e. The summed E-state index contributed by atoms with van der Waals surface area (Å²) < 4.78 is 0. The van der Waals surface area contributed by atoms with Gasteiger partial charge in [0, 0.05) is 33.7 Å². The van der Waals surface area contributed by atoms with Crippen molar-refractivity contribution in [2.45, 2.75) is 32.1 Å². The molecular weight excluding hydrogens is 324 g/mol. The fourth-order valence-corrected chi connectivity index (χ4v) is 4.09. The van der Waals surface area contributed by atoms with Gasteiger partial charge in [-0.15, -0.1) is 0 Å². The first kappa shape index (κ1) is 18.7. The Labute approximate surface area is 157 Å². The Bertz CT molecular complexity index is 600. The zero-order valence-electron chi connectivity index (χ0n) is 16.2. The minimum Gasteiger partial charge on any atom is -0.356 e. The van der Waals surface area contributed by atoms with E-state index in [9.17, 15) is 4.79 Å². The van der Waals surface area contributed by atoms with Gasteiger partial charge in [-0.05, 0) is 36.7 Å². The van der Waals surface area contributed by atoms with E-state index in [0.29, 0.717) is 0 Å². The lowest BCUT2D eigenvalue weighted by molar-refractivity contribution is -0.127. The van der Waals surface area contributed by atoms with Crippen molar-refractivity contribution in [1.82, 2.24) is 15.1 Å². The smallest absolute Gasteiger partial charge is 0.243 e. The van der Waals surface area contributed by atoms with E-state index in [1.807, 2.05) is 6.07 Å². The molecule has 0 radical (unpaired) electrons. The van der Waals surface area contributed by atoms with E-state index in [4.69, 9.17) is 0 Å². The predicted octanol–water partition coefficient (Wildman–Crippen LogP) is 2.38. The van der Waals surface area contributed by atoms with Gasteiger partial charge >= 0.3 is 0 Å². The lowest BCUT2D eigenvalue weighted by Gasteiger charge is -2.22. The minimum absolute atomic E-state index is 0.0453. The molecule has 1 aliphatic carbocycles. The van der Waals surface area contributed by atoms with E-state index in [-0.39, 0.29) is 12.5 Å². The maximum absolute atomic E-state index is 12.0. The number of amides is 1. The third kappa shape index (κ3) is 4.99. The number of fused-ring (bicyclic) bond motifs is 1. The molecule has 2 unspecified atom stereocenters. The molecule has 1 amide bonds. The lowest BCUT2D eigenvalue weighted by atomic mass is 9.82. The maximum atomic E-state index is 12.0. The second-order valence-corrected chi connectivity index (χ2v) is 7.80. The number of hydrogen-bond donors (Lipinski definition) is 1. The van der Waals surface area contributed by atoms with Crippen LogP contribution in [0.1, 0.15) is 31.2 Å². The van der Waals surface area contributed by atoms with Crippen molar-refractivity contribution < 1.29 is 4.79 Å². The molecule has 5 heteroatoms. The van der Waals surface area contributed by atoms with E-state index in [2.05, 4.69) is 39.5 Å². The third-order valence-corrected chi connectivity index (χ3v) is 5.68. The van der Waals surface area contributed by atoms with Crippen LogP contribution in [-0.2, 0) is 11.2 Å². The van der Waals surface area contributed by atoms with E-state index in [1.165, 1.54) is 31.2 Å². The van der Waals surface area contributed by atoms with E-state index < -0.39 is 0 Å². The van der Waals surface area contributed by atoms with Crippen LogP contribution in [0.25, 0.3) is 0 Å². The summed E-state index contributed by atoms with van der Waals surface area (Å²) in [6, 6.07) is 10.5. The largest absolute Gasteiger partial charge is 0.356 e. The molecule has 2 aliphatic rings. The second-order valence-electron chi connectivity index (χ2n) is 7.80. The first-order valence-electron chi connectivity index (χ1n) is 9.91. The molecule has 142 valence electrons. The Kier molecular flexibility index (Phi) is 6.53. The molecule has 1 heterocycles. The summed E-state index contributed by atoms with van der Waals surface area (Å²) in [5.74, 6) is 2.55. The van der Waals surface area contributed by atoms with Crippen LogP contribution in [0.15, 0.2) is 35.3 Å². The van der Waals surface area contributed by atoms with Crippen LogP contribution in [0.2, 0.25) is 0 Å². The molecule has 1 aliphatic heterocycles. The lowest BCUT2D eigenvalue weighted by Crippen LogP contribution is -2.42. The van der Waals surface area contributed by atoms with Crippen molar-refractivity contribution in [3.8, 4) is 0 Å². The molecule has 0 spiro atoms. The second kappa shape index (κ2) is 9.06. The molecule has 1 aromatic rings. The summed E-state index contributed by atoms with van der Waals surface area (Å²) in [6.45, 7) is 3.22. The molecule has 0 aromatic heterocycles. The Morgan fingerprint density at radius 3 is 2.42 bits per heavy atom. The number of guanidine groups is 1. The molecule has 2 atom stereocenters. The third-order valence-electron chi connectivity index (χ3n) is 5.68. The molecule has 1 saturated heterocycles. The van der Waals surface area contributed by atoms with Crippen molar-refractivity contribution in [1.29, 1.82) is 0 Å². The number of nitrogens with zero attached hydrogens (tertiary/aromatic N) is 3. The van der Waals surface area contributed by atoms with Crippen LogP contribution in [0.5, 0.6) is 0 Å². The highest BCUT2D eigenvalue weighted by atomic mass is 16.2. The van der Waals surface area contributed by atoms with E-state index >= 15 is 0 Å². The highest BCUT2D eigenvalue weighted by Gasteiger charge is 2.35. The SMILES string of the molecule is CN(C)C(=O)CN=C(NCCc1ccccc1)N1CC2CCCCC2C1. The number of rotatable bonds is 5. The highest BCUT2D eigenvalue weighted by molar-refractivity contribution is 5.85. The predicted molar refractivity (Wildman–Crippen MR) is 106 cm³/mol. The quantitative estimate of drug-likeness (QED) is 0.651. The fourth-order valence-electron chi connectivity index (χ4n) is 4.09. The number of aliphatic imine (C=N–C) groups is 1. The topological polar surface area (TPSA) is 47.9 Å². The molecular formula is C21H32N4O. The summed E-state index contributed by atoms with van der Waals surface area (Å²) in [4.78, 5) is 20.6. The van der Waals surface area contributed by atoms with Crippen molar-refractivity contribution in [2.75, 3.05) is 40.3 Å². The van der Waals surface area contributed by atoms with E-state index in [1.54, 1.807) is 19.0 Å². The van der Waals surface area contributed by atoms with Gasteiger partial charge in [-0.3, -0.25) is 4.79 Å². The van der Waals surface area contributed by atoms with Crippen LogP contribution in [0.3, 0.4) is 0 Å². The minimum atomic E-state index is 0.0453. The number of carbonyl (C=O) groups excluding carboxylic acids is 1. The fraction of sp³-hybridized carbons (Fsp3) is 0.619. The zero-order chi connectivity index (χ0) is 18.4. The summed E-state index contributed by atoms with van der Waals surface area (Å²) in [6.07, 6.45) is 6.37. The summed E-state index contributed by atoms with van der Waals surface area (Å²) in [5.41, 5.74) is 1.32. The molecule has 1 N–H and O–H groups in total. The standard InChI is InChI=1S/C21H32N4O/c1-24(2)20(26)14-23-21(22-13-12-17-8-4-3-5-9-17)25-15-18-10-6-7-11-19(18)16-25/h3-5,8-9,18-19H,6-7,10-16H2,1-2H3,(H,22,23). The number of hydrogen-bond acceptors (Lipinski definition) is 2. The number of benzene rings is 1. The summed E-state index contributed by atoms with van der Waals surface area (Å²) in [7, 11) is 3.57. The molecule has 5 nitrogen and oxygen atoms in total. The number of likely N-dealkylation sites (tertiary alicyclic amines) is 1. The molecule has 1 aromatic carbocycles. The number of nitrogens with one attached hydrogen (secondary N) is 1. The average molecular weight is 357 g/mol. The normalized spacial score (nSPS) is 22.8. The Morgan fingerprint density at radius 2 is 1.81 bits per heavy atom. The Morgan fingerprint density at radius 1 is 1.15 bits per heavy atom. The summed E-state index contributed by atoms with van der Waals surface area (Å²) in [5, 5.41) is 3.52. The Balaban J connectivity index is 1.61. The van der Waals surface area contributed by atoms with Gasteiger partial charge in [0.1, 0.15) is 6.54 Å². The van der Waals surface area contributed by atoms with Gasteiger partial charge in [-0.1, -0.05) is 43.2 Å². The molecule has 3 rings (SSSR count). The first-order valence-corrected chi connectivity index (χ1v) is 9.91. The van der Waals surface area contributed by atoms with Gasteiger partial charge in [0.2, 0.25) is 5.91 Å². The van der Waals surface area contributed by atoms with Crippen LogP contribution in [0.4, 0.5) is 0 Å². The number of carbonyl (C=O) groups is 1. The van der Waals surface area contributed by atoms with Gasteiger partial charge in [-0.25, -0.2) is 4.99 Å². The van der Waals surface area contributed by atoms with Gasteiger partial charge in [0.25, 0.3) is 0 Å². The highest BCUT2D eigenvalue weighted by Crippen LogP contribution is 2.35. The van der Waals surface area contributed by atoms with Crippen molar-refractivity contribution in [3.63, 3.8) is 0 Å². The number of likely N-dealkylation sites (N-methyl/N-ethyl adjacent to an activating group) is 1. The molecule has 1 saturated carbocycles. The first-order chi connectivity index (χ1) is 12.6. The van der Waals surface area contributed by atoms with Crippen molar-refractivity contribution >= 4 is 11.9 Å². The van der Waals surface area contributed by atoms with E-state index in [0.717, 1.165) is 43.9 Å². The monoisotopic (exact) mass is 356 g/mol. The van der Waals surface area contributed by atoms with Crippen LogP contribution in [-0.4, -0.2) is 61.9 Å². The van der Waals surface area contributed by atoms with Gasteiger partial charge in [0.15, 0.2) is 5.96 Å². The molecule has 0 bridgehead atoms.